The van der Waals surface area contributed by atoms with E-state index in [2.05, 4.69) is 23.3 Å². The van der Waals surface area contributed by atoms with Gasteiger partial charge in [0.1, 0.15) is 18.6 Å². The molecule has 0 heterocycles. The van der Waals surface area contributed by atoms with Crippen molar-refractivity contribution in [1.82, 2.24) is 10.6 Å². The summed E-state index contributed by atoms with van der Waals surface area (Å²) < 4.78 is 0. The predicted octanol–water partition coefficient (Wildman–Crippen LogP) is -3.52. The average molecular weight is 446 g/mol. The Morgan fingerprint density at radius 2 is 1.52 bits per heavy atom. The maximum absolute atomic E-state index is 11.5. The second kappa shape index (κ2) is 21.2. The Hall–Kier alpha value is -0.840. The number of amides is 2. The lowest BCUT2D eigenvalue weighted by Gasteiger charge is -2.16. The molecule has 0 unspecified atom stereocenters. The van der Waals surface area contributed by atoms with Gasteiger partial charge in [-0.3, -0.25) is 19.2 Å². The molecule has 0 bridgehead atoms. The van der Waals surface area contributed by atoms with Crippen LogP contribution in [0.1, 0.15) is 12.8 Å². The van der Waals surface area contributed by atoms with E-state index in [4.69, 9.17) is 15.9 Å². The first-order valence-electron chi connectivity index (χ1n) is 5.66. The van der Waals surface area contributed by atoms with E-state index < -0.39 is 42.4 Å². The Kier molecular flexibility index (Phi) is 33.3. The number of hydrogen-bond donors (Lipinski definition) is 6. The maximum Gasteiger partial charge on any atom is 0.322 e. The standard InChI is InChI=1S/C10H17N3O6S.2H2O.3H2S/c11-5(10(18)19)1-2-7(14)13-6(4-20)9(17)12-3-8(15)16;;;;;/h5-6,20H,1-4,11H2,(H,12,17)(H,13,14)(H,15,16)(H,18,19);5*1H2/t5-,6-;;;;;/m0...../s1. The number of thiol groups is 1. The molecule has 2 atom stereocenters. The van der Waals surface area contributed by atoms with Crippen LogP contribution in [0.15, 0.2) is 0 Å². The molecule has 10 N–H and O–H groups in total. The summed E-state index contributed by atoms with van der Waals surface area (Å²) in [4.78, 5) is 43.7. The third kappa shape index (κ3) is 19.3. The van der Waals surface area contributed by atoms with Gasteiger partial charge >= 0.3 is 11.9 Å². The second-order valence-electron chi connectivity index (χ2n) is 3.90. The van der Waals surface area contributed by atoms with Gasteiger partial charge in [0, 0.05) is 12.2 Å². The molecule has 0 aromatic carbocycles. The van der Waals surface area contributed by atoms with E-state index in [0.717, 1.165) is 0 Å². The fourth-order valence-electron chi connectivity index (χ4n) is 1.16. The summed E-state index contributed by atoms with van der Waals surface area (Å²) in [6.07, 6.45) is -0.235. The number of nitrogens with two attached hydrogens (primary N) is 1. The van der Waals surface area contributed by atoms with Crippen LogP contribution in [-0.2, 0) is 19.2 Å². The molecule has 2 amide bonds. The summed E-state index contributed by atoms with van der Waals surface area (Å²) in [6, 6.07) is -2.15. The highest BCUT2D eigenvalue weighted by Gasteiger charge is 2.20. The first kappa shape index (κ1) is 39.3. The van der Waals surface area contributed by atoms with Gasteiger partial charge in [-0.2, -0.15) is 53.1 Å². The minimum atomic E-state index is -1.22. The van der Waals surface area contributed by atoms with Crippen molar-refractivity contribution in [1.29, 1.82) is 0 Å². The molecule has 154 valence electrons. The highest BCUT2D eigenvalue weighted by atomic mass is 32.1. The number of rotatable bonds is 9. The van der Waals surface area contributed by atoms with Crippen LogP contribution in [-0.4, -0.2) is 69.3 Å². The van der Waals surface area contributed by atoms with Crippen LogP contribution in [0.25, 0.3) is 0 Å². The van der Waals surface area contributed by atoms with E-state index in [1.807, 2.05) is 0 Å². The number of carboxylic acids is 2. The Morgan fingerprint density at radius 3 is 1.88 bits per heavy atom. The summed E-state index contributed by atoms with van der Waals surface area (Å²) in [6.45, 7) is -0.567. The third-order valence-electron chi connectivity index (χ3n) is 2.25. The molecule has 0 saturated heterocycles. The lowest BCUT2D eigenvalue weighted by atomic mass is 10.1. The molecule has 0 aliphatic carbocycles. The zero-order valence-electron chi connectivity index (χ0n) is 13.0. The molecule has 15 heteroatoms. The third-order valence-corrected chi connectivity index (χ3v) is 2.61. The van der Waals surface area contributed by atoms with E-state index in [-0.39, 0.29) is 70.0 Å². The van der Waals surface area contributed by atoms with Crippen molar-refractivity contribution in [2.45, 2.75) is 24.9 Å². The fraction of sp³-hybridized carbons (Fsp3) is 0.600. The van der Waals surface area contributed by atoms with Crippen molar-refractivity contribution >= 4 is 76.9 Å². The molecular weight excluding hydrogens is 418 g/mol. The highest BCUT2D eigenvalue weighted by Crippen LogP contribution is 1.97. The van der Waals surface area contributed by atoms with E-state index in [9.17, 15) is 19.2 Å². The van der Waals surface area contributed by atoms with Crippen molar-refractivity contribution in [3.05, 3.63) is 0 Å². The summed E-state index contributed by atoms with van der Waals surface area (Å²) in [7, 11) is 0. The molecule has 0 spiro atoms. The smallest absolute Gasteiger partial charge is 0.322 e. The van der Waals surface area contributed by atoms with E-state index in [1.165, 1.54) is 0 Å². The molecule has 0 aromatic heterocycles. The van der Waals surface area contributed by atoms with Crippen molar-refractivity contribution < 1.29 is 40.3 Å². The van der Waals surface area contributed by atoms with Crippen molar-refractivity contribution in [3.8, 4) is 0 Å². The van der Waals surface area contributed by atoms with Gasteiger partial charge in [0.2, 0.25) is 11.8 Å². The molecule has 0 aromatic rings. The van der Waals surface area contributed by atoms with Crippen LogP contribution < -0.4 is 16.4 Å². The van der Waals surface area contributed by atoms with Crippen LogP contribution in [0, 0.1) is 0 Å². The zero-order valence-corrected chi connectivity index (χ0v) is 16.9. The second-order valence-corrected chi connectivity index (χ2v) is 4.26. The molecule has 0 fully saturated rings. The SMILES string of the molecule is N[C@@H](CCC(=O)N[C@@H](CS)C(=O)NCC(=O)O)C(=O)O.O.O.S.S.S. The van der Waals surface area contributed by atoms with E-state index in [1.54, 1.807) is 0 Å². The molecule has 0 saturated carbocycles. The molecule has 11 nitrogen and oxygen atoms in total. The van der Waals surface area contributed by atoms with Crippen LogP contribution >= 0.6 is 53.1 Å². The van der Waals surface area contributed by atoms with Gasteiger partial charge in [0.05, 0.1) is 0 Å². The summed E-state index contributed by atoms with van der Waals surface area (Å²) >= 11 is 3.87. The minimum Gasteiger partial charge on any atom is -0.480 e. The summed E-state index contributed by atoms with van der Waals surface area (Å²) in [5, 5.41) is 21.4. The topological polar surface area (TPSA) is 222 Å². The number of nitrogens with one attached hydrogen (secondary N) is 2. The molecule has 0 radical (unpaired) electrons. The lowest BCUT2D eigenvalue weighted by Crippen LogP contribution is -2.49. The van der Waals surface area contributed by atoms with Crippen LogP contribution in [0.2, 0.25) is 0 Å². The van der Waals surface area contributed by atoms with Crippen molar-refractivity contribution in [3.63, 3.8) is 0 Å². The molecular formula is C10H27N3O8S4. The summed E-state index contributed by atoms with van der Waals surface area (Å²) in [5.41, 5.74) is 5.23. The zero-order chi connectivity index (χ0) is 15.7. The van der Waals surface area contributed by atoms with Crippen LogP contribution in [0.3, 0.4) is 0 Å². The minimum absolute atomic E-state index is 0. The monoisotopic (exact) mass is 445 g/mol. The fourth-order valence-corrected chi connectivity index (χ4v) is 1.41. The van der Waals surface area contributed by atoms with Crippen molar-refractivity contribution in [2.75, 3.05) is 12.3 Å². The highest BCUT2D eigenvalue weighted by molar-refractivity contribution is 7.80. The number of carbonyl (C=O) groups excluding carboxylic acids is 2. The summed E-state index contributed by atoms with van der Waals surface area (Å²) in [5.74, 6) is -3.70. The Labute approximate surface area is 170 Å². The van der Waals surface area contributed by atoms with Crippen LogP contribution in [0.4, 0.5) is 0 Å². The van der Waals surface area contributed by atoms with Gasteiger partial charge in [0.25, 0.3) is 0 Å². The van der Waals surface area contributed by atoms with Gasteiger partial charge in [-0.05, 0) is 6.42 Å². The van der Waals surface area contributed by atoms with Gasteiger partial charge in [-0.15, -0.1) is 0 Å². The number of aliphatic carboxylic acids is 2. The van der Waals surface area contributed by atoms with Gasteiger partial charge in [-0.25, -0.2) is 0 Å². The van der Waals surface area contributed by atoms with E-state index in [0.29, 0.717) is 0 Å². The van der Waals surface area contributed by atoms with Crippen molar-refractivity contribution in [2.24, 2.45) is 5.73 Å². The number of hydrogen-bond acceptors (Lipinski definition) is 6. The van der Waals surface area contributed by atoms with E-state index >= 15 is 0 Å². The lowest BCUT2D eigenvalue weighted by molar-refractivity contribution is -0.139. The quantitative estimate of drug-likeness (QED) is 0.196. The van der Waals surface area contributed by atoms with Gasteiger partial charge < -0.3 is 37.5 Å². The first-order valence-corrected chi connectivity index (χ1v) is 6.29. The predicted molar refractivity (Wildman–Crippen MR) is 110 cm³/mol. The Balaban J connectivity index is -0.000000180. The van der Waals surface area contributed by atoms with Gasteiger partial charge in [-0.1, -0.05) is 0 Å². The average Bonchev–Trinajstić information content (AvgIpc) is 2.38. The number of carbonyl (C=O) groups is 4. The Bertz CT molecular complexity index is 402. The molecule has 0 aliphatic rings. The largest absolute Gasteiger partial charge is 0.480 e. The Morgan fingerprint density at radius 1 is 1.04 bits per heavy atom. The first-order chi connectivity index (χ1) is 9.27. The number of carboxylic acid groups (broad SMARTS) is 2. The van der Waals surface area contributed by atoms with Crippen LogP contribution in [0.5, 0.6) is 0 Å². The maximum atomic E-state index is 11.5. The van der Waals surface area contributed by atoms with Gasteiger partial charge in [0.15, 0.2) is 0 Å². The molecule has 0 aliphatic heterocycles. The molecule has 25 heavy (non-hydrogen) atoms. The normalized spacial score (nSPS) is 10.5. The molecule has 0 rings (SSSR count).